The van der Waals surface area contributed by atoms with Gasteiger partial charge in [-0.3, -0.25) is 9.59 Å². The maximum atomic E-state index is 12.3. The van der Waals surface area contributed by atoms with E-state index in [2.05, 4.69) is 10.3 Å². The van der Waals surface area contributed by atoms with Gasteiger partial charge in [-0.05, 0) is 31.4 Å². The van der Waals surface area contributed by atoms with E-state index in [9.17, 15) is 14.4 Å². The molecule has 0 saturated carbocycles. The van der Waals surface area contributed by atoms with Crippen LogP contribution in [-0.4, -0.2) is 49.5 Å². The van der Waals surface area contributed by atoms with Gasteiger partial charge in [-0.1, -0.05) is 17.3 Å². The number of fused-ring (bicyclic) bond motifs is 1. The molecule has 0 radical (unpaired) electrons. The molecule has 8 nitrogen and oxygen atoms in total. The molecule has 1 aromatic heterocycles. The molecule has 126 valence electrons. The number of carboxylic acids is 1. The van der Waals surface area contributed by atoms with Crippen LogP contribution in [0.5, 0.6) is 0 Å². The first-order chi connectivity index (χ1) is 11.6. The topological polar surface area (TPSA) is 105 Å². The number of aryl methyl sites for hydroxylation is 1. The quantitative estimate of drug-likeness (QED) is 0.863. The van der Waals surface area contributed by atoms with Gasteiger partial charge in [0.05, 0.1) is 5.39 Å². The molecule has 2 heterocycles. The van der Waals surface area contributed by atoms with Crippen LogP contribution >= 0.6 is 0 Å². The summed E-state index contributed by atoms with van der Waals surface area (Å²) in [5.41, 5.74) is 0.300. The number of carboxylic acid groups (broad SMARTS) is 1. The van der Waals surface area contributed by atoms with Crippen molar-refractivity contribution in [2.24, 2.45) is 0 Å². The van der Waals surface area contributed by atoms with Crippen molar-refractivity contribution in [1.82, 2.24) is 19.9 Å². The van der Waals surface area contributed by atoms with Gasteiger partial charge >= 0.3 is 5.97 Å². The Labute approximate surface area is 137 Å². The highest BCUT2D eigenvalue weighted by molar-refractivity contribution is 5.84. The number of hydrogen-bond acceptors (Lipinski definition) is 5. The second-order valence-electron chi connectivity index (χ2n) is 5.82. The number of amides is 1. The van der Waals surface area contributed by atoms with E-state index in [0.29, 0.717) is 36.7 Å². The first-order valence-electron chi connectivity index (χ1n) is 7.93. The highest BCUT2D eigenvalue weighted by Gasteiger charge is 2.33. The zero-order valence-corrected chi connectivity index (χ0v) is 13.1. The molecular formula is C16H18N4O4. The van der Waals surface area contributed by atoms with Gasteiger partial charge < -0.3 is 10.0 Å². The van der Waals surface area contributed by atoms with Crippen molar-refractivity contribution < 1.29 is 14.7 Å². The summed E-state index contributed by atoms with van der Waals surface area (Å²) >= 11 is 0. The van der Waals surface area contributed by atoms with Gasteiger partial charge in [0.25, 0.3) is 5.56 Å². The predicted molar refractivity (Wildman–Crippen MR) is 85.4 cm³/mol. The summed E-state index contributed by atoms with van der Waals surface area (Å²) in [4.78, 5) is 37.0. The number of rotatable bonds is 5. The van der Waals surface area contributed by atoms with E-state index in [0.717, 1.165) is 0 Å². The number of carbonyl (C=O) groups is 2. The lowest BCUT2D eigenvalue weighted by Crippen LogP contribution is -2.40. The summed E-state index contributed by atoms with van der Waals surface area (Å²) < 4.78 is 1.24. The van der Waals surface area contributed by atoms with Gasteiger partial charge in [0.1, 0.15) is 11.6 Å². The Bertz CT molecular complexity index is 832. The van der Waals surface area contributed by atoms with Crippen molar-refractivity contribution in [3.05, 3.63) is 34.6 Å². The van der Waals surface area contributed by atoms with Gasteiger partial charge in [0.15, 0.2) is 0 Å². The highest BCUT2D eigenvalue weighted by Crippen LogP contribution is 2.18. The normalized spacial score (nSPS) is 17.3. The van der Waals surface area contributed by atoms with Gasteiger partial charge in [0, 0.05) is 19.5 Å². The molecule has 24 heavy (non-hydrogen) atoms. The summed E-state index contributed by atoms with van der Waals surface area (Å²) in [6.45, 7) is 0.750. The van der Waals surface area contributed by atoms with Crippen molar-refractivity contribution in [3.8, 4) is 0 Å². The maximum absolute atomic E-state index is 12.3. The number of aliphatic carboxylic acids is 1. The second-order valence-corrected chi connectivity index (χ2v) is 5.82. The molecule has 1 aromatic carbocycles. The number of aromatic nitrogens is 3. The molecule has 0 bridgehead atoms. The summed E-state index contributed by atoms with van der Waals surface area (Å²) in [6, 6.07) is 6.24. The Kier molecular flexibility index (Phi) is 4.54. The molecule has 0 aliphatic carbocycles. The molecule has 1 amide bonds. The third-order valence-corrected chi connectivity index (χ3v) is 4.25. The standard InChI is InChI=1S/C16H18N4O4/c21-14(19-9-3-7-13(19)16(23)24)8-4-10-20-15(22)11-5-1-2-6-12(11)17-18-20/h1-2,5-6,13H,3-4,7-10H2,(H,23,24)/t13-/m0/s1. The van der Waals surface area contributed by atoms with E-state index in [1.807, 2.05) is 0 Å². The van der Waals surface area contributed by atoms with Crippen LogP contribution in [0.3, 0.4) is 0 Å². The lowest BCUT2D eigenvalue weighted by atomic mass is 10.2. The average Bonchev–Trinajstić information content (AvgIpc) is 3.07. The molecule has 0 spiro atoms. The Morgan fingerprint density at radius 3 is 2.88 bits per heavy atom. The number of nitrogens with zero attached hydrogens (tertiary/aromatic N) is 4. The summed E-state index contributed by atoms with van der Waals surface area (Å²) in [5.74, 6) is -1.15. The summed E-state index contributed by atoms with van der Waals surface area (Å²) in [7, 11) is 0. The van der Waals surface area contributed by atoms with Crippen molar-refractivity contribution >= 4 is 22.8 Å². The third kappa shape index (κ3) is 3.12. The van der Waals surface area contributed by atoms with Gasteiger partial charge in [-0.25, -0.2) is 9.48 Å². The van der Waals surface area contributed by atoms with Crippen molar-refractivity contribution in [2.45, 2.75) is 38.3 Å². The van der Waals surface area contributed by atoms with Crippen molar-refractivity contribution in [2.75, 3.05) is 6.54 Å². The zero-order chi connectivity index (χ0) is 17.1. The summed E-state index contributed by atoms with van der Waals surface area (Å²) in [6.07, 6.45) is 1.80. The predicted octanol–water partition coefficient (Wildman–Crippen LogP) is 0.647. The van der Waals surface area contributed by atoms with Crippen LogP contribution in [0.15, 0.2) is 29.1 Å². The SMILES string of the molecule is O=C(O)[C@@H]1CCCN1C(=O)CCCn1nnc2ccccc2c1=O. The van der Waals surface area contributed by atoms with E-state index in [4.69, 9.17) is 5.11 Å². The Balaban J connectivity index is 1.62. The van der Waals surface area contributed by atoms with E-state index < -0.39 is 12.0 Å². The van der Waals surface area contributed by atoms with Crippen LogP contribution in [0, 0.1) is 0 Å². The fraction of sp³-hybridized carbons (Fsp3) is 0.438. The number of benzene rings is 1. The molecule has 8 heteroatoms. The van der Waals surface area contributed by atoms with E-state index in [-0.39, 0.29) is 24.4 Å². The smallest absolute Gasteiger partial charge is 0.326 e. The second kappa shape index (κ2) is 6.77. The average molecular weight is 330 g/mol. The first kappa shape index (κ1) is 16.1. The van der Waals surface area contributed by atoms with Gasteiger partial charge in [0.2, 0.25) is 5.91 Å². The lowest BCUT2D eigenvalue weighted by molar-refractivity contribution is -0.148. The van der Waals surface area contributed by atoms with Crippen LogP contribution in [0.2, 0.25) is 0 Å². The molecule has 1 atom stereocenters. The molecule has 2 aromatic rings. The largest absolute Gasteiger partial charge is 0.480 e. The van der Waals surface area contributed by atoms with Crippen LogP contribution in [0.4, 0.5) is 0 Å². The summed E-state index contributed by atoms with van der Waals surface area (Å²) in [5, 5.41) is 17.5. The molecule has 1 fully saturated rings. The monoisotopic (exact) mass is 330 g/mol. The highest BCUT2D eigenvalue weighted by atomic mass is 16.4. The minimum atomic E-state index is -0.961. The van der Waals surface area contributed by atoms with Crippen molar-refractivity contribution in [3.63, 3.8) is 0 Å². The minimum Gasteiger partial charge on any atom is -0.480 e. The van der Waals surface area contributed by atoms with Crippen molar-refractivity contribution in [1.29, 1.82) is 0 Å². The van der Waals surface area contributed by atoms with E-state index >= 15 is 0 Å². The molecule has 0 unspecified atom stereocenters. The van der Waals surface area contributed by atoms with E-state index in [1.54, 1.807) is 24.3 Å². The number of likely N-dealkylation sites (tertiary alicyclic amines) is 1. The fourth-order valence-corrected chi connectivity index (χ4v) is 3.02. The molecule has 3 rings (SSSR count). The number of carbonyl (C=O) groups excluding carboxylic acids is 1. The van der Waals surface area contributed by atoms with Crippen LogP contribution in [-0.2, 0) is 16.1 Å². The van der Waals surface area contributed by atoms with Crippen LogP contribution < -0.4 is 5.56 Å². The van der Waals surface area contributed by atoms with Gasteiger partial charge in [-0.2, -0.15) is 0 Å². The maximum Gasteiger partial charge on any atom is 0.326 e. The van der Waals surface area contributed by atoms with Gasteiger partial charge in [-0.15, -0.1) is 5.10 Å². The minimum absolute atomic E-state index is 0.185. The van der Waals surface area contributed by atoms with E-state index in [1.165, 1.54) is 9.58 Å². The Morgan fingerprint density at radius 1 is 1.29 bits per heavy atom. The fourth-order valence-electron chi connectivity index (χ4n) is 3.02. The van der Waals surface area contributed by atoms with Crippen LogP contribution in [0.1, 0.15) is 25.7 Å². The molecule has 1 aliphatic heterocycles. The number of hydrogen-bond donors (Lipinski definition) is 1. The van der Waals surface area contributed by atoms with Crippen LogP contribution in [0.25, 0.3) is 10.9 Å². The molecule has 1 aliphatic rings. The molecular weight excluding hydrogens is 312 g/mol. The molecule has 1 saturated heterocycles. The first-order valence-corrected chi connectivity index (χ1v) is 7.93. The third-order valence-electron chi connectivity index (χ3n) is 4.25. The Morgan fingerprint density at radius 2 is 2.08 bits per heavy atom. The lowest BCUT2D eigenvalue weighted by Gasteiger charge is -2.21. The Hall–Kier alpha value is -2.77. The zero-order valence-electron chi connectivity index (χ0n) is 13.1. The molecule has 1 N–H and O–H groups in total.